The molecule has 15 nitrogen and oxygen atoms in total. The molecular formula is C43H78O15. The van der Waals surface area contributed by atoms with E-state index in [2.05, 4.69) is 26.0 Å². The zero-order valence-corrected chi connectivity index (χ0v) is 35.3. The number of hydrogen-bond donors (Lipinski definition) is 7. The Kier molecular flexibility index (Phi) is 28.9. The number of esters is 2. The van der Waals surface area contributed by atoms with E-state index < -0.39 is 92.7 Å². The van der Waals surface area contributed by atoms with Gasteiger partial charge in [-0.3, -0.25) is 9.59 Å². The van der Waals surface area contributed by atoms with Gasteiger partial charge in [-0.2, -0.15) is 0 Å². The van der Waals surface area contributed by atoms with Crippen LogP contribution in [0.3, 0.4) is 0 Å². The van der Waals surface area contributed by atoms with E-state index >= 15 is 0 Å². The van der Waals surface area contributed by atoms with Crippen LogP contribution in [0.2, 0.25) is 0 Å². The van der Waals surface area contributed by atoms with E-state index in [1.54, 1.807) is 0 Å². The van der Waals surface area contributed by atoms with Gasteiger partial charge in [0.05, 0.1) is 19.8 Å². The fourth-order valence-electron chi connectivity index (χ4n) is 6.97. The molecule has 340 valence electrons. The van der Waals surface area contributed by atoms with Gasteiger partial charge in [-0.25, -0.2) is 0 Å². The molecule has 0 aromatic carbocycles. The lowest BCUT2D eigenvalue weighted by atomic mass is 9.98. The minimum absolute atomic E-state index is 0.167. The molecule has 2 aliphatic rings. The van der Waals surface area contributed by atoms with Crippen LogP contribution < -0.4 is 0 Å². The molecule has 0 saturated carbocycles. The second kappa shape index (κ2) is 32.0. The SMILES string of the molecule is CCCCC/C=C/CCCCCCCC(=O)OC[C@H](CO[C@@H]1O[C@H](CO[C@@H]2O[C@H](CO)[C@H](O)C(O)C2O)[C@H](O)C(O)C1O)OC(=O)CCCCCCCCCCCC. The van der Waals surface area contributed by atoms with E-state index in [0.29, 0.717) is 12.8 Å². The second-order valence-electron chi connectivity index (χ2n) is 15.9. The van der Waals surface area contributed by atoms with Crippen molar-refractivity contribution in [3.63, 3.8) is 0 Å². The predicted octanol–water partition coefficient (Wildman–Crippen LogP) is 4.26. The summed E-state index contributed by atoms with van der Waals surface area (Å²) in [5.41, 5.74) is 0. The molecule has 0 bridgehead atoms. The average molecular weight is 835 g/mol. The van der Waals surface area contributed by atoms with Crippen LogP contribution in [-0.2, 0) is 38.0 Å². The van der Waals surface area contributed by atoms with Crippen molar-refractivity contribution in [3.8, 4) is 0 Å². The Morgan fingerprint density at radius 3 is 1.55 bits per heavy atom. The molecule has 0 aliphatic carbocycles. The Balaban J connectivity index is 1.87. The molecule has 0 aromatic rings. The Morgan fingerprint density at radius 1 is 0.534 bits per heavy atom. The van der Waals surface area contributed by atoms with E-state index in [4.69, 9.17) is 28.4 Å². The summed E-state index contributed by atoms with van der Waals surface area (Å²) in [6.07, 6.45) is 9.81. The smallest absolute Gasteiger partial charge is 0.306 e. The fraction of sp³-hybridized carbons (Fsp3) is 0.907. The number of rotatable bonds is 33. The molecule has 0 aromatic heterocycles. The molecule has 58 heavy (non-hydrogen) atoms. The standard InChI is InChI=1S/C43H78O15/c1-3-5-7-9-11-13-15-16-18-19-21-23-25-34(45)53-28-31(56-35(46)26-24-22-20-17-14-12-10-8-6-4-2)29-54-42-41(52)39(50)37(48)33(58-42)30-55-43-40(51)38(49)36(47)32(27-44)57-43/h11,13,31-33,36-44,47-52H,3-10,12,14-30H2,1-2H3/b13-11+/t31-,32-,33-,36+,37+,38?,39?,40?,41?,42-,43-/m1/s1. The molecule has 2 rings (SSSR count). The molecule has 11 atom stereocenters. The fourth-order valence-corrected chi connectivity index (χ4v) is 6.97. The summed E-state index contributed by atoms with van der Waals surface area (Å²) < 4.78 is 33.4. The first kappa shape index (κ1) is 52.4. The van der Waals surface area contributed by atoms with Crippen molar-refractivity contribution in [2.45, 2.75) is 223 Å². The lowest BCUT2D eigenvalue weighted by molar-refractivity contribution is -0.332. The maximum Gasteiger partial charge on any atom is 0.306 e. The molecule has 2 heterocycles. The molecule has 2 saturated heterocycles. The topological polar surface area (TPSA) is 231 Å². The van der Waals surface area contributed by atoms with E-state index in [9.17, 15) is 45.3 Å². The number of carbonyl (C=O) groups is 2. The van der Waals surface area contributed by atoms with E-state index in [1.165, 1.54) is 57.8 Å². The van der Waals surface area contributed by atoms with E-state index in [0.717, 1.165) is 57.8 Å². The predicted molar refractivity (Wildman–Crippen MR) is 215 cm³/mol. The van der Waals surface area contributed by atoms with E-state index in [-0.39, 0.29) is 26.1 Å². The highest BCUT2D eigenvalue weighted by Crippen LogP contribution is 2.26. The maximum absolute atomic E-state index is 12.9. The van der Waals surface area contributed by atoms with Gasteiger partial charge < -0.3 is 64.2 Å². The normalized spacial score (nSPS) is 28.2. The molecule has 0 amide bonds. The third-order valence-electron chi connectivity index (χ3n) is 10.7. The third kappa shape index (κ3) is 21.2. The highest BCUT2D eigenvalue weighted by molar-refractivity contribution is 5.70. The van der Waals surface area contributed by atoms with Gasteiger partial charge in [-0.15, -0.1) is 0 Å². The summed E-state index contributed by atoms with van der Waals surface area (Å²) in [7, 11) is 0. The van der Waals surface area contributed by atoms with Gasteiger partial charge in [0.1, 0.15) is 55.4 Å². The van der Waals surface area contributed by atoms with Crippen LogP contribution >= 0.6 is 0 Å². The summed E-state index contributed by atoms with van der Waals surface area (Å²) in [6, 6.07) is 0. The number of aliphatic hydroxyl groups excluding tert-OH is 7. The number of unbranched alkanes of at least 4 members (excludes halogenated alkanes) is 17. The Morgan fingerprint density at radius 2 is 0.983 bits per heavy atom. The van der Waals surface area contributed by atoms with Gasteiger partial charge in [0.15, 0.2) is 18.7 Å². The zero-order chi connectivity index (χ0) is 42.5. The molecular weight excluding hydrogens is 756 g/mol. The number of ether oxygens (including phenoxy) is 6. The largest absolute Gasteiger partial charge is 0.462 e. The summed E-state index contributed by atoms with van der Waals surface area (Å²) in [4.78, 5) is 25.5. The lowest BCUT2D eigenvalue weighted by Crippen LogP contribution is -2.61. The van der Waals surface area contributed by atoms with Crippen molar-refractivity contribution in [3.05, 3.63) is 12.2 Å². The lowest BCUT2D eigenvalue weighted by Gasteiger charge is -2.42. The summed E-state index contributed by atoms with van der Waals surface area (Å²) in [5.74, 6) is -0.935. The molecule has 4 unspecified atom stereocenters. The van der Waals surface area contributed by atoms with Gasteiger partial charge in [0.2, 0.25) is 0 Å². The van der Waals surface area contributed by atoms with Crippen LogP contribution in [0.4, 0.5) is 0 Å². The van der Waals surface area contributed by atoms with Crippen LogP contribution in [0, 0.1) is 0 Å². The van der Waals surface area contributed by atoms with Gasteiger partial charge in [0.25, 0.3) is 0 Å². The number of aliphatic hydroxyl groups is 7. The van der Waals surface area contributed by atoms with Crippen LogP contribution in [0.25, 0.3) is 0 Å². The first-order valence-corrected chi connectivity index (χ1v) is 22.3. The minimum Gasteiger partial charge on any atom is -0.462 e. The van der Waals surface area contributed by atoms with Crippen molar-refractivity contribution >= 4 is 11.9 Å². The highest BCUT2D eigenvalue weighted by Gasteiger charge is 2.47. The van der Waals surface area contributed by atoms with Crippen LogP contribution in [-0.4, -0.2) is 142 Å². The molecule has 0 spiro atoms. The number of carbonyl (C=O) groups excluding carboxylic acids is 2. The van der Waals surface area contributed by atoms with Gasteiger partial charge in [-0.05, 0) is 38.5 Å². The molecule has 0 radical (unpaired) electrons. The van der Waals surface area contributed by atoms with Crippen LogP contribution in [0.1, 0.15) is 155 Å². The Bertz CT molecular complexity index is 1080. The molecule has 2 fully saturated rings. The second-order valence-corrected chi connectivity index (χ2v) is 15.9. The first-order chi connectivity index (χ1) is 28.0. The minimum atomic E-state index is -1.76. The first-order valence-electron chi connectivity index (χ1n) is 22.3. The number of hydrogen-bond acceptors (Lipinski definition) is 15. The van der Waals surface area contributed by atoms with Gasteiger partial charge in [-0.1, -0.05) is 116 Å². The summed E-state index contributed by atoms with van der Waals surface area (Å²) in [6.45, 7) is 2.52. The Hall–Kier alpha value is -1.76. The molecule has 2 aliphatic heterocycles. The Labute approximate surface area is 346 Å². The molecule has 7 N–H and O–H groups in total. The third-order valence-corrected chi connectivity index (χ3v) is 10.7. The van der Waals surface area contributed by atoms with Gasteiger partial charge in [0, 0.05) is 12.8 Å². The summed E-state index contributed by atoms with van der Waals surface area (Å²) in [5, 5.41) is 71.7. The highest BCUT2D eigenvalue weighted by atomic mass is 16.7. The van der Waals surface area contributed by atoms with Crippen molar-refractivity contribution in [1.29, 1.82) is 0 Å². The van der Waals surface area contributed by atoms with Crippen molar-refractivity contribution in [2.24, 2.45) is 0 Å². The summed E-state index contributed by atoms with van der Waals surface area (Å²) >= 11 is 0. The zero-order valence-electron chi connectivity index (χ0n) is 35.3. The van der Waals surface area contributed by atoms with Crippen LogP contribution in [0.15, 0.2) is 12.2 Å². The monoisotopic (exact) mass is 835 g/mol. The average Bonchev–Trinajstić information content (AvgIpc) is 3.21. The van der Waals surface area contributed by atoms with Gasteiger partial charge >= 0.3 is 11.9 Å². The van der Waals surface area contributed by atoms with E-state index in [1.807, 2.05) is 0 Å². The quantitative estimate of drug-likeness (QED) is 0.0278. The maximum atomic E-state index is 12.9. The van der Waals surface area contributed by atoms with Crippen molar-refractivity contribution in [1.82, 2.24) is 0 Å². The van der Waals surface area contributed by atoms with Crippen molar-refractivity contribution in [2.75, 3.05) is 26.4 Å². The molecule has 15 heteroatoms. The van der Waals surface area contributed by atoms with Crippen molar-refractivity contribution < 1.29 is 73.8 Å². The van der Waals surface area contributed by atoms with Crippen LogP contribution in [0.5, 0.6) is 0 Å². The number of allylic oxidation sites excluding steroid dienone is 2.